The van der Waals surface area contributed by atoms with Gasteiger partial charge < -0.3 is 15.7 Å². The minimum Gasteiger partial charge on any atom is -0.507 e. The fourth-order valence-corrected chi connectivity index (χ4v) is 1.79. The molecular weight excluding hydrogens is 248 g/mol. The van der Waals surface area contributed by atoms with Gasteiger partial charge in [-0.15, -0.1) is 0 Å². The van der Waals surface area contributed by atoms with Crippen LogP contribution in [-0.2, 0) is 0 Å². The van der Waals surface area contributed by atoms with Crippen molar-refractivity contribution in [2.24, 2.45) is 0 Å². The summed E-state index contributed by atoms with van der Waals surface area (Å²) in [5, 5.41) is 14.7. The number of carbonyl (C=O) groups excluding carboxylic acids is 1. The molecule has 1 aliphatic heterocycles. The first-order valence-electron chi connectivity index (χ1n) is 4.19. The molecule has 0 radical (unpaired) electrons. The lowest BCUT2D eigenvalue weighted by atomic mass is 10.1. The van der Waals surface area contributed by atoms with Gasteiger partial charge in [-0.3, -0.25) is 0 Å². The zero-order chi connectivity index (χ0) is 10.1. The number of halogens is 1. The maximum absolute atomic E-state index is 10.9. The summed E-state index contributed by atoms with van der Waals surface area (Å²) in [6, 6.07) is 5.02. The predicted molar refractivity (Wildman–Crippen MR) is 55.1 cm³/mol. The number of phenols is 1. The predicted octanol–water partition coefficient (Wildman–Crippen LogP) is 1.51. The fraction of sp³-hybridized carbons (Fsp3) is 0.222. The fourth-order valence-electron chi connectivity index (χ4n) is 1.40. The molecule has 3 N–H and O–H groups in total. The van der Waals surface area contributed by atoms with E-state index in [-0.39, 0.29) is 17.8 Å². The summed E-state index contributed by atoms with van der Waals surface area (Å²) < 4.78 is 0.635. The van der Waals surface area contributed by atoms with Crippen molar-refractivity contribution in [1.82, 2.24) is 10.6 Å². The summed E-state index contributed by atoms with van der Waals surface area (Å²) in [6.07, 6.45) is 0. The van der Waals surface area contributed by atoms with Gasteiger partial charge in [0.15, 0.2) is 0 Å². The molecule has 1 aromatic carbocycles. The number of aromatic hydroxyl groups is 1. The van der Waals surface area contributed by atoms with Gasteiger partial charge >= 0.3 is 6.03 Å². The van der Waals surface area contributed by atoms with E-state index < -0.39 is 0 Å². The lowest BCUT2D eigenvalue weighted by molar-refractivity contribution is 0.247. The highest BCUT2D eigenvalue weighted by atomic mass is 79.9. The molecule has 2 rings (SSSR count). The zero-order valence-corrected chi connectivity index (χ0v) is 8.84. The van der Waals surface area contributed by atoms with Crippen LogP contribution in [0.25, 0.3) is 0 Å². The van der Waals surface area contributed by atoms with Crippen LogP contribution >= 0.6 is 15.9 Å². The van der Waals surface area contributed by atoms with Crippen LogP contribution in [0, 0.1) is 0 Å². The SMILES string of the molecule is O=C1NCC(c2ccc(O)c(Br)c2)N1. The normalized spacial score (nSPS) is 20.4. The molecule has 1 aromatic rings. The van der Waals surface area contributed by atoms with Gasteiger partial charge in [-0.2, -0.15) is 0 Å². The Balaban J connectivity index is 2.24. The van der Waals surface area contributed by atoms with E-state index in [1.165, 1.54) is 0 Å². The van der Waals surface area contributed by atoms with E-state index in [2.05, 4.69) is 26.6 Å². The van der Waals surface area contributed by atoms with Crippen molar-refractivity contribution in [3.05, 3.63) is 28.2 Å². The van der Waals surface area contributed by atoms with Crippen molar-refractivity contribution < 1.29 is 9.90 Å². The Kier molecular flexibility index (Phi) is 2.33. The van der Waals surface area contributed by atoms with Crippen molar-refractivity contribution in [3.63, 3.8) is 0 Å². The molecule has 0 aromatic heterocycles. The molecule has 1 fully saturated rings. The van der Waals surface area contributed by atoms with Gasteiger partial charge in [-0.05, 0) is 33.6 Å². The monoisotopic (exact) mass is 256 g/mol. The van der Waals surface area contributed by atoms with Crippen molar-refractivity contribution in [3.8, 4) is 5.75 Å². The topological polar surface area (TPSA) is 61.4 Å². The molecule has 4 nitrogen and oxygen atoms in total. The summed E-state index contributed by atoms with van der Waals surface area (Å²) in [4.78, 5) is 10.9. The Bertz CT molecular complexity index is 381. The summed E-state index contributed by atoms with van der Waals surface area (Å²) in [5.74, 6) is 0.200. The maximum atomic E-state index is 10.9. The van der Waals surface area contributed by atoms with Gasteiger partial charge in [-0.1, -0.05) is 6.07 Å². The molecule has 2 amide bonds. The molecule has 1 atom stereocenters. The molecular formula is C9H9BrN2O2. The van der Waals surface area contributed by atoms with Crippen molar-refractivity contribution in [2.45, 2.75) is 6.04 Å². The van der Waals surface area contributed by atoms with E-state index in [1.807, 2.05) is 0 Å². The first kappa shape index (κ1) is 9.33. The van der Waals surface area contributed by atoms with Gasteiger partial charge in [0.2, 0.25) is 0 Å². The summed E-state index contributed by atoms with van der Waals surface area (Å²) >= 11 is 3.23. The van der Waals surface area contributed by atoms with Crippen LogP contribution in [0.3, 0.4) is 0 Å². The summed E-state index contributed by atoms with van der Waals surface area (Å²) in [6.45, 7) is 0.579. The number of urea groups is 1. The van der Waals surface area contributed by atoms with E-state index in [0.29, 0.717) is 11.0 Å². The number of amides is 2. The van der Waals surface area contributed by atoms with E-state index in [0.717, 1.165) is 5.56 Å². The highest BCUT2D eigenvalue weighted by Gasteiger charge is 2.21. The van der Waals surface area contributed by atoms with Crippen LogP contribution in [0.4, 0.5) is 4.79 Å². The van der Waals surface area contributed by atoms with Gasteiger partial charge in [0.1, 0.15) is 5.75 Å². The van der Waals surface area contributed by atoms with Crippen LogP contribution in [0.1, 0.15) is 11.6 Å². The lowest BCUT2D eigenvalue weighted by Gasteiger charge is -2.09. The number of carbonyl (C=O) groups is 1. The molecule has 5 heteroatoms. The largest absolute Gasteiger partial charge is 0.507 e. The summed E-state index contributed by atoms with van der Waals surface area (Å²) in [7, 11) is 0. The molecule has 0 spiro atoms. The third-order valence-electron chi connectivity index (χ3n) is 2.15. The van der Waals surface area contributed by atoms with Crippen molar-refractivity contribution in [1.29, 1.82) is 0 Å². The number of hydrogen-bond acceptors (Lipinski definition) is 2. The number of phenolic OH excluding ortho intramolecular Hbond substituents is 1. The van der Waals surface area contributed by atoms with E-state index >= 15 is 0 Å². The Morgan fingerprint density at radius 2 is 2.29 bits per heavy atom. The number of benzene rings is 1. The smallest absolute Gasteiger partial charge is 0.315 e. The van der Waals surface area contributed by atoms with Crippen molar-refractivity contribution in [2.75, 3.05) is 6.54 Å². The number of rotatable bonds is 1. The second-order valence-electron chi connectivity index (χ2n) is 3.12. The standard InChI is InChI=1S/C9H9BrN2O2/c10-6-3-5(1-2-8(6)13)7-4-11-9(14)12-7/h1-3,7,13H,4H2,(H2,11,12,14). The van der Waals surface area contributed by atoms with Crippen LogP contribution < -0.4 is 10.6 Å². The van der Waals surface area contributed by atoms with E-state index in [1.54, 1.807) is 18.2 Å². The molecule has 1 saturated heterocycles. The molecule has 1 heterocycles. The minimum absolute atomic E-state index is 0.0144. The third kappa shape index (κ3) is 1.68. The Hall–Kier alpha value is -1.23. The van der Waals surface area contributed by atoms with Gasteiger partial charge in [0, 0.05) is 6.54 Å². The van der Waals surface area contributed by atoms with Crippen LogP contribution in [-0.4, -0.2) is 17.7 Å². The molecule has 0 saturated carbocycles. The average molecular weight is 257 g/mol. The quantitative estimate of drug-likeness (QED) is 0.714. The van der Waals surface area contributed by atoms with Gasteiger partial charge in [-0.25, -0.2) is 4.79 Å². The first-order chi connectivity index (χ1) is 6.66. The molecule has 14 heavy (non-hydrogen) atoms. The molecule has 1 unspecified atom stereocenters. The van der Waals surface area contributed by atoms with Gasteiger partial charge in [0.05, 0.1) is 10.5 Å². The zero-order valence-electron chi connectivity index (χ0n) is 7.25. The maximum Gasteiger partial charge on any atom is 0.315 e. The second kappa shape index (κ2) is 3.49. The van der Waals surface area contributed by atoms with Crippen LogP contribution in [0.2, 0.25) is 0 Å². The number of hydrogen-bond donors (Lipinski definition) is 3. The summed E-state index contributed by atoms with van der Waals surface area (Å²) in [5.41, 5.74) is 0.966. The number of nitrogens with one attached hydrogen (secondary N) is 2. The molecule has 74 valence electrons. The van der Waals surface area contributed by atoms with E-state index in [9.17, 15) is 9.90 Å². The highest BCUT2D eigenvalue weighted by molar-refractivity contribution is 9.10. The molecule has 0 bridgehead atoms. The first-order valence-corrected chi connectivity index (χ1v) is 4.99. The third-order valence-corrected chi connectivity index (χ3v) is 2.78. The van der Waals surface area contributed by atoms with Crippen molar-refractivity contribution >= 4 is 22.0 Å². The molecule has 1 aliphatic rings. The Labute approximate surface area is 89.4 Å². The minimum atomic E-state index is -0.154. The Morgan fingerprint density at radius 1 is 1.50 bits per heavy atom. The average Bonchev–Trinajstić information content (AvgIpc) is 2.57. The lowest BCUT2D eigenvalue weighted by Crippen LogP contribution is -2.21. The van der Waals surface area contributed by atoms with Crippen LogP contribution in [0.5, 0.6) is 5.75 Å². The second-order valence-corrected chi connectivity index (χ2v) is 3.97. The van der Waals surface area contributed by atoms with Gasteiger partial charge in [0.25, 0.3) is 0 Å². The van der Waals surface area contributed by atoms with E-state index in [4.69, 9.17) is 0 Å². The highest BCUT2D eigenvalue weighted by Crippen LogP contribution is 2.27. The van der Waals surface area contributed by atoms with Crippen LogP contribution in [0.15, 0.2) is 22.7 Å². The Morgan fingerprint density at radius 3 is 2.86 bits per heavy atom. The molecule has 0 aliphatic carbocycles.